The van der Waals surface area contributed by atoms with Crippen molar-refractivity contribution in [3.8, 4) is 12.1 Å². The van der Waals surface area contributed by atoms with Crippen LogP contribution in [0.1, 0.15) is 48.4 Å². The topological polar surface area (TPSA) is 103 Å². The van der Waals surface area contributed by atoms with Crippen LogP contribution in [0.4, 0.5) is 10.9 Å². The second-order valence-corrected chi connectivity index (χ2v) is 7.70. The summed E-state index contributed by atoms with van der Waals surface area (Å²) in [6.07, 6.45) is 0.711. The highest BCUT2D eigenvalue weighted by Gasteiger charge is 2.30. The molecule has 0 unspecified atom stereocenters. The van der Waals surface area contributed by atoms with E-state index in [2.05, 4.69) is 17.1 Å². The number of nitrogens with two attached hydrogens (primary N) is 1. The van der Waals surface area contributed by atoms with Gasteiger partial charge >= 0.3 is 0 Å². The van der Waals surface area contributed by atoms with Gasteiger partial charge in [0.05, 0.1) is 12.1 Å². The second-order valence-electron chi connectivity index (χ2n) is 6.56. The van der Waals surface area contributed by atoms with Crippen molar-refractivity contribution in [1.82, 2.24) is 4.98 Å². The van der Waals surface area contributed by atoms with Crippen LogP contribution in [0.2, 0.25) is 0 Å². The number of aromatic nitrogens is 1. The van der Waals surface area contributed by atoms with E-state index in [0.29, 0.717) is 47.5 Å². The second kappa shape index (κ2) is 5.29. The van der Waals surface area contributed by atoms with Crippen LogP contribution in [0.3, 0.4) is 0 Å². The normalized spacial score (nSPS) is 14.2. The maximum absolute atomic E-state index is 9.35. The van der Waals surface area contributed by atoms with E-state index in [1.165, 1.54) is 11.3 Å². The van der Waals surface area contributed by atoms with Crippen LogP contribution in [-0.4, -0.2) is 11.5 Å². The SMILES string of the molecule is CC(C)(C)c1nc(C#N)c(N2CCc3c(sc(N)c3C#N)C2)o1. The third-order valence-electron chi connectivity index (χ3n) is 3.84. The van der Waals surface area contributed by atoms with Crippen LogP contribution in [0.15, 0.2) is 4.42 Å². The third kappa shape index (κ3) is 2.54. The minimum atomic E-state index is -0.258. The molecule has 118 valence electrons. The molecule has 7 heteroatoms. The number of thiophene rings is 1. The van der Waals surface area contributed by atoms with Crippen LogP contribution in [0, 0.1) is 22.7 Å². The molecule has 1 aliphatic rings. The molecule has 6 nitrogen and oxygen atoms in total. The minimum Gasteiger partial charge on any atom is -0.423 e. The molecule has 0 saturated carbocycles. The maximum Gasteiger partial charge on any atom is 0.235 e. The standard InChI is InChI=1S/C16H17N5OS/c1-16(2,3)15-20-11(7-18)14(22-15)21-5-4-9-10(6-17)13(19)23-12(9)8-21/h4-5,8,19H2,1-3H3. The van der Waals surface area contributed by atoms with Gasteiger partial charge in [0, 0.05) is 16.8 Å². The number of rotatable bonds is 1. The lowest BCUT2D eigenvalue weighted by Crippen LogP contribution is -2.29. The number of nitriles is 2. The van der Waals surface area contributed by atoms with Gasteiger partial charge in [0.1, 0.15) is 17.1 Å². The van der Waals surface area contributed by atoms with E-state index in [9.17, 15) is 10.5 Å². The fraction of sp³-hybridized carbons (Fsp3) is 0.438. The van der Waals surface area contributed by atoms with Gasteiger partial charge in [-0.1, -0.05) is 20.8 Å². The fourth-order valence-corrected chi connectivity index (χ4v) is 3.72. The van der Waals surface area contributed by atoms with Crippen molar-refractivity contribution in [2.24, 2.45) is 0 Å². The Balaban J connectivity index is 1.97. The molecular formula is C16H17N5OS. The molecule has 2 N–H and O–H groups in total. The van der Waals surface area contributed by atoms with Crippen LogP contribution in [0.5, 0.6) is 0 Å². The predicted octanol–water partition coefficient (Wildman–Crippen LogP) is 2.92. The molecule has 2 aromatic rings. The Morgan fingerprint density at radius 3 is 2.65 bits per heavy atom. The summed E-state index contributed by atoms with van der Waals surface area (Å²) < 4.78 is 5.89. The molecule has 3 rings (SSSR count). The van der Waals surface area contributed by atoms with Gasteiger partial charge in [-0.3, -0.25) is 0 Å². The predicted molar refractivity (Wildman–Crippen MR) is 88.1 cm³/mol. The summed E-state index contributed by atoms with van der Waals surface area (Å²) in [5.74, 6) is 1.06. The first-order chi connectivity index (χ1) is 10.8. The molecule has 0 radical (unpaired) electrons. The molecule has 0 bridgehead atoms. The smallest absolute Gasteiger partial charge is 0.235 e. The van der Waals surface area contributed by atoms with E-state index in [4.69, 9.17) is 10.2 Å². The summed E-state index contributed by atoms with van der Waals surface area (Å²) in [5.41, 5.74) is 7.60. The molecule has 3 heterocycles. The Hall–Kier alpha value is -2.51. The quantitative estimate of drug-likeness (QED) is 0.863. The number of nitrogens with zero attached hydrogens (tertiary/aromatic N) is 4. The fourth-order valence-electron chi connectivity index (χ4n) is 2.64. The Labute approximate surface area is 138 Å². The Morgan fingerprint density at radius 1 is 1.30 bits per heavy atom. The van der Waals surface area contributed by atoms with Crippen molar-refractivity contribution in [3.05, 3.63) is 27.6 Å². The highest BCUT2D eigenvalue weighted by Crippen LogP contribution is 2.37. The first-order valence-electron chi connectivity index (χ1n) is 7.31. The summed E-state index contributed by atoms with van der Waals surface area (Å²) in [4.78, 5) is 7.39. The first kappa shape index (κ1) is 15.4. The third-order valence-corrected chi connectivity index (χ3v) is 4.89. The lowest BCUT2D eigenvalue weighted by Gasteiger charge is -2.26. The van der Waals surface area contributed by atoms with Crippen LogP contribution in [0.25, 0.3) is 0 Å². The number of hydrogen-bond donors (Lipinski definition) is 1. The molecule has 0 atom stereocenters. The number of hydrogen-bond acceptors (Lipinski definition) is 7. The molecule has 0 aromatic carbocycles. The van der Waals surface area contributed by atoms with Crippen LogP contribution < -0.4 is 10.6 Å². The first-order valence-corrected chi connectivity index (χ1v) is 8.13. The van der Waals surface area contributed by atoms with E-state index in [0.717, 1.165) is 10.4 Å². The molecule has 0 fully saturated rings. The van der Waals surface area contributed by atoms with Crippen molar-refractivity contribution in [2.45, 2.75) is 39.2 Å². The van der Waals surface area contributed by atoms with E-state index < -0.39 is 0 Å². The maximum atomic E-state index is 9.35. The molecule has 23 heavy (non-hydrogen) atoms. The van der Waals surface area contributed by atoms with E-state index >= 15 is 0 Å². The van der Waals surface area contributed by atoms with Crippen molar-refractivity contribution >= 4 is 22.2 Å². The average molecular weight is 327 g/mol. The van der Waals surface area contributed by atoms with Crippen molar-refractivity contribution < 1.29 is 4.42 Å². The summed E-state index contributed by atoms with van der Waals surface area (Å²) in [7, 11) is 0. The largest absolute Gasteiger partial charge is 0.423 e. The van der Waals surface area contributed by atoms with Crippen LogP contribution in [-0.2, 0) is 18.4 Å². The highest BCUT2D eigenvalue weighted by molar-refractivity contribution is 7.16. The average Bonchev–Trinajstić information content (AvgIpc) is 3.05. The Morgan fingerprint density at radius 2 is 2.04 bits per heavy atom. The number of nitrogen functional groups attached to an aromatic ring is 1. The molecule has 1 aliphatic heterocycles. The van der Waals surface area contributed by atoms with Crippen molar-refractivity contribution in [2.75, 3.05) is 17.2 Å². The summed E-state index contributed by atoms with van der Waals surface area (Å²) in [6, 6.07) is 4.30. The van der Waals surface area contributed by atoms with Crippen molar-refractivity contribution in [1.29, 1.82) is 10.5 Å². The van der Waals surface area contributed by atoms with E-state index in [-0.39, 0.29) is 5.41 Å². The summed E-state index contributed by atoms with van der Waals surface area (Å²) >= 11 is 1.43. The Kier molecular flexibility index (Phi) is 3.54. The lowest BCUT2D eigenvalue weighted by molar-refractivity contribution is 0.390. The number of fused-ring (bicyclic) bond motifs is 1. The molecular weight excluding hydrogens is 310 g/mol. The number of oxazole rings is 1. The van der Waals surface area contributed by atoms with Gasteiger partial charge in [0.25, 0.3) is 0 Å². The highest BCUT2D eigenvalue weighted by atomic mass is 32.1. The molecule has 0 spiro atoms. The molecule has 0 aliphatic carbocycles. The van der Waals surface area contributed by atoms with Crippen molar-refractivity contribution in [3.63, 3.8) is 0 Å². The van der Waals surface area contributed by atoms with E-state index in [1.807, 2.05) is 25.7 Å². The summed E-state index contributed by atoms with van der Waals surface area (Å²) in [5, 5.41) is 19.1. The Bertz CT molecular complexity index is 844. The number of anilines is 2. The van der Waals surface area contributed by atoms with Gasteiger partial charge in [-0.2, -0.15) is 15.5 Å². The molecule has 0 amide bonds. The lowest BCUT2D eigenvalue weighted by atomic mass is 9.97. The van der Waals surface area contributed by atoms with E-state index in [1.54, 1.807) is 0 Å². The zero-order chi connectivity index (χ0) is 16.8. The van der Waals surface area contributed by atoms with Crippen LogP contribution >= 0.6 is 11.3 Å². The molecule has 2 aromatic heterocycles. The van der Waals surface area contributed by atoms with Gasteiger partial charge in [0.2, 0.25) is 17.5 Å². The van der Waals surface area contributed by atoms with Gasteiger partial charge in [-0.05, 0) is 12.0 Å². The zero-order valence-corrected chi connectivity index (χ0v) is 14.1. The van der Waals surface area contributed by atoms with Gasteiger partial charge < -0.3 is 15.1 Å². The zero-order valence-electron chi connectivity index (χ0n) is 13.3. The van der Waals surface area contributed by atoms with Gasteiger partial charge in [0.15, 0.2) is 0 Å². The molecule has 0 saturated heterocycles. The summed E-state index contributed by atoms with van der Waals surface area (Å²) in [6.45, 7) is 7.25. The minimum absolute atomic E-state index is 0.258. The monoisotopic (exact) mass is 327 g/mol. The van der Waals surface area contributed by atoms with Gasteiger partial charge in [-0.15, -0.1) is 11.3 Å². The van der Waals surface area contributed by atoms with Gasteiger partial charge in [-0.25, -0.2) is 0 Å².